The van der Waals surface area contributed by atoms with Crippen LogP contribution in [-0.2, 0) is 4.79 Å². The number of anilines is 1. The van der Waals surface area contributed by atoms with Gasteiger partial charge < -0.3 is 10.6 Å². The minimum atomic E-state index is -0.539. The summed E-state index contributed by atoms with van der Waals surface area (Å²) >= 11 is 5.50. The van der Waals surface area contributed by atoms with Crippen molar-refractivity contribution >= 4 is 35.6 Å². The Labute approximate surface area is 105 Å². The van der Waals surface area contributed by atoms with Crippen molar-refractivity contribution in [3.63, 3.8) is 0 Å². The van der Waals surface area contributed by atoms with Crippen LogP contribution >= 0.6 is 24.0 Å². The predicted octanol–water partition coefficient (Wildman–Crippen LogP) is 2.45. The van der Waals surface area contributed by atoms with Crippen LogP contribution in [-0.4, -0.2) is 19.5 Å². The Kier molecular flexibility index (Phi) is 7.05. The summed E-state index contributed by atoms with van der Waals surface area (Å²) in [5, 5.41) is 5.46. The average molecular weight is 267 g/mol. The first-order valence-electron chi connectivity index (χ1n) is 4.53. The maximum absolute atomic E-state index is 13.0. The Bertz CT molecular complexity index is 361. The summed E-state index contributed by atoms with van der Waals surface area (Å²) in [4.78, 5) is 11.3. The molecule has 0 unspecified atom stereocenters. The fourth-order valence-corrected chi connectivity index (χ4v) is 1.15. The summed E-state index contributed by atoms with van der Waals surface area (Å²) in [7, 11) is 1.76. The Hall–Kier alpha value is -0.840. The summed E-state index contributed by atoms with van der Waals surface area (Å²) in [5.41, 5.74) is 0.415. The molecule has 0 aliphatic rings. The van der Waals surface area contributed by atoms with E-state index in [-0.39, 0.29) is 23.3 Å². The van der Waals surface area contributed by atoms with Gasteiger partial charge in [-0.3, -0.25) is 4.79 Å². The predicted molar refractivity (Wildman–Crippen MR) is 65.8 cm³/mol. The summed E-state index contributed by atoms with van der Waals surface area (Å²) < 4.78 is 13.0. The van der Waals surface area contributed by atoms with Gasteiger partial charge in [0.15, 0.2) is 0 Å². The number of rotatable bonds is 4. The maximum Gasteiger partial charge on any atom is 0.225 e. The third-order valence-corrected chi connectivity index (χ3v) is 2.11. The maximum atomic E-state index is 13.0. The average Bonchev–Trinajstić information content (AvgIpc) is 2.20. The lowest BCUT2D eigenvalue weighted by molar-refractivity contribution is -0.116. The van der Waals surface area contributed by atoms with Gasteiger partial charge in [-0.1, -0.05) is 11.6 Å². The molecule has 0 heterocycles. The van der Waals surface area contributed by atoms with E-state index >= 15 is 0 Å². The van der Waals surface area contributed by atoms with Gasteiger partial charge in [0.25, 0.3) is 0 Å². The molecule has 0 radical (unpaired) electrons. The molecule has 0 spiro atoms. The first-order chi connectivity index (χ1) is 7.13. The van der Waals surface area contributed by atoms with Crippen LogP contribution in [0.1, 0.15) is 6.42 Å². The largest absolute Gasteiger partial charge is 0.326 e. The van der Waals surface area contributed by atoms with E-state index in [1.165, 1.54) is 12.1 Å². The van der Waals surface area contributed by atoms with Crippen LogP contribution in [0.5, 0.6) is 0 Å². The number of benzene rings is 1. The van der Waals surface area contributed by atoms with Crippen molar-refractivity contribution in [3.05, 3.63) is 29.0 Å². The Balaban J connectivity index is 0.00000225. The van der Waals surface area contributed by atoms with E-state index in [0.29, 0.717) is 18.7 Å². The molecule has 0 atom stereocenters. The van der Waals surface area contributed by atoms with E-state index < -0.39 is 5.82 Å². The molecule has 0 aromatic heterocycles. The van der Waals surface area contributed by atoms with Gasteiger partial charge in [0.1, 0.15) is 5.82 Å². The zero-order valence-corrected chi connectivity index (χ0v) is 10.3. The Morgan fingerprint density at radius 3 is 2.75 bits per heavy atom. The fourth-order valence-electron chi connectivity index (χ4n) is 1.04. The molecular formula is C10H13Cl2FN2O. The molecule has 6 heteroatoms. The molecule has 3 nitrogen and oxygen atoms in total. The van der Waals surface area contributed by atoms with Gasteiger partial charge in [0.05, 0.1) is 5.02 Å². The van der Waals surface area contributed by atoms with Crippen LogP contribution in [0.15, 0.2) is 18.2 Å². The lowest BCUT2D eigenvalue weighted by Gasteiger charge is -2.05. The molecule has 0 aliphatic carbocycles. The van der Waals surface area contributed by atoms with E-state index in [1.807, 2.05) is 0 Å². The minimum absolute atomic E-state index is 0. The molecule has 0 aliphatic heterocycles. The van der Waals surface area contributed by atoms with Gasteiger partial charge in [-0.15, -0.1) is 12.4 Å². The highest BCUT2D eigenvalue weighted by atomic mass is 35.5. The van der Waals surface area contributed by atoms with Crippen molar-refractivity contribution in [2.45, 2.75) is 6.42 Å². The highest BCUT2D eigenvalue weighted by Crippen LogP contribution is 2.18. The van der Waals surface area contributed by atoms with Crippen LogP contribution in [0.3, 0.4) is 0 Å². The molecule has 1 aromatic carbocycles. The summed E-state index contributed by atoms with van der Waals surface area (Å²) in [6, 6.07) is 4.16. The quantitative estimate of drug-likeness (QED) is 0.879. The van der Waals surface area contributed by atoms with Gasteiger partial charge >= 0.3 is 0 Å². The van der Waals surface area contributed by atoms with Crippen LogP contribution in [0.25, 0.3) is 0 Å². The monoisotopic (exact) mass is 266 g/mol. The molecule has 2 N–H and O–H groups in total. The number of halogens is 3. The molecule has 0 saturated heterocycles. The number of hydrogen-bond donors (Lipinski definition) is 2. The molecule has 1 amide bonds. The molecular weight excluding hydrogens is 254 g/mol. The lowest BCUT2D eigenvalue weighted by atomic mass is 10.3. The zero-order chi connectivity index (χ0) is 11.3. The third-order valence-electron chi connectivity index (χ3n) is 1.81. The second kappa shape index (κ2) is 7.44. The normalized spacial score (nSPS) is 9.44. The Morgan fingerprint density at radius 1 is 1.50 bits per heavy atom. The van der Waals surface area contributed by atoms with E-state index in [2.05, 4.69) is 10.6 Å². The van der Waals surface area contributed by atoms with E-state index in [4.69, 9.17) is 11.6 Å². The van der Waals surface area contributed by atoms with Crippen molar-refractivity contribution < 1.29 is 9.18 Å². The first-order valence-corrected chi connectivity index (χ1v) is 4.91. The van der Waals surface area contributed by atoms with Crippen molar-refractivity contribution in [2.24, 2.45) is 0 Å². The standard InChI is InChI=1S/C10H12ClFN2O.ClH/c1-13-5-4-10(15)14-7-2-3-8(11)9(12)6-7;/h2-3,6,13H,4-5H2,1H3,(H,14,15);1H. The number of nitrogens with one attached hydrogen (secondary N) is 2. The van der Waals surface area contributed by atoms with Crippen LogP contribution in [0, 0.1) is 5.82 Å². The highest BCUT2D eigenvalue weighted by Gasteiger charge is 2.04. The van der Waals surface area contributed by atoms with Crippen LogP contribution in [0.4, 0.5) is 10.1 Å². The highest BCUT2D eigenvalue weighted by molar-refractivity contribution is 6.30. The molecule has 1 aromatic rings. The van der Waals surface area contributed by atoms with Crippen LogP contribution in [0.2, 0.25) is 5.02 Å². The lowest BCUT2D eigenvalue weighted by Crippen LogP contribution is -2.18. The van der Waals surface area contributed by atoms with Gasteiger partial charge in [0, 0.05) is 18.7 Å². The third kappa shape index (κ3) is 4.79. The topological polar surface area (TPSA) is 41.1 Å². The summed E-state index contributed by atoms with van der Waals surface area (Å²) in [6.45, 7) is 0.585. The second-order valence-electron chi connectivity index (χ2n) is 3.03. The zero-order valence-electron chi connectivity index (χ0n) is 8.72. The molecule has 16 heavy (non-hydrogen) atoms. The second-order valence-corrected chi connectivity index (χ2v) is 3.44. The molecule has 1 rings (SSSR count). The molecule has 0 fully saturated rings. The fraction of sp³-hybridized carbons (Fsp3) is 0.300. The molecule has 0 saturated carbocycles. The van der Waals surface area contributed by atoms with Crippen LogP contribution < -0.4 is 10.6 Å². The first kappa shape index (κ1) is 15.2. The van der Waals surface area contributed by atoms with Crippen molar-refractivity contribution in [1.82, 2.24) is 5.32 Å². The van der Waals surface area contributed by atoms with Crippen molar-refractivity contribution in [3.8, 4) is 0 Å². The summed E-state index contributed by atoms with van der Waals surface area (Å²) in [6.07, 6.45) is 0.348. The molecule has 0 bridgehead atoms. The van der Waals surface area contributed by atoms with Gasteiger partial charge in [0.2, 0.25) is 5.91 Å². The number of amides is 1. The smallest absolute Gasteiger partial charge is 0.225 e. The van der Waals surface area contributed by atoms with Crippen molar-refractivity contribution in [1.29, 1.82) is 0 Å². The van der Waals surface area contributed by atoms with E-state index in [9.17, 15) is 9.18 Å². The van der Waals surface area contributed by atoms with E-state index in [0.717, 1.165) is 0 Å². The van der Waals surface area contributed by atoms with E-state index in [1.54, 1.807) is 13.1 Å². The molecule has 90 valence electrons. The van der Waals surface area contributed by atoms with Gasteiger partial charge in [-0.05, 0) is 25.2 Å². The van der Waals surface area contributed by atoms with Crippen molar-refractivity contribution in [2.75, 3.05) is 18.9 Å². The summed E-state index contributed by atoms with van der Waals surface area (Å²) in [5.74, 6) is -0.700. The minimum Gasteiger partial charge on any atom is -0.326 e. The van der Waals surface area contributed by atoms with Gasteiger partial charge in [-0.2, -0.15) is 0 Å². The van der Waals surface area contributed by atoms with Gasteiger partial charge in [-0.25, -0.2) is 4.39 Å². The number of hydrogen-bond acceptors (Lipinski definition) is 2. The number of carbonyl (C=O) groups is 1. The Morgan fingerprint density at radius 2 is 2.19 bits per heavy atom. The number of carbonyl (C=O) groups excluding carboxylic acids is 1. The SMILES string of the molecule is CNCCC(=O)Nc1ccc(Cl)c(F)c1.Cl.